The number of benzene rings is 2. The van der Waals surface area contributed by atoms with Gasteiger partial charge >= 0.3 is 6.03 Å². The summed E-state index contributed by atoms with van der Waals surface area (Å²) in [6.07, 6.45) is 1.80. The Labute approximate surface area is 164 Å². The van der Waals surface area contributed by atoms with Gasteiger partial charge in [0.15, 0.2) is 0 Å². The zero-order chi connectivity index (χ0) is 19.9. The minimum Gasteiger partial charge on any atom is -0.496 e. The molecule has 148 valence electrons. The minimum absolute atomic E-state index is 0.00301. The van der Waals surface area contributed by atoms with Crippen LogP contribution >= 0.6 is 0 Å². The number of likely N-dealkylation sites (tertiary alicyclic amines) is 1. The van der Waals surface area contributed by atoms with Crippen molar-refractivity contribution in [1.29, 1.82) is 0 Å². The smallest absolute Gasteiger partial charge is 0.321 e. The average molecular weight is 383 g/mol. The summed E-state index contributed by atoms with van der Waals surface area (Å²) < 4.78 is 11.1. The Balaban J connectivity index is 1.58. The fourth-order valence-corrected chi connectivity index (χ4v) is 3.23. The molecule has 28 heavy (non-hydrogen) atoms. The first-order chi connectivity index (χ1) is 13.6. The van der Waals surface area contributed by atoms with Gasteiger partial charge in [0.2, 0.25) is 0 Å². The summed E-state index contributed by atoms with van der Waals surface area (Å²) >= 11 is 0. The maximum Gasteiger partial charge on any atom is 0.321 e. The van der Waals surface area contributed by atoms with Gasteiger partial charge in [-0.25, -0.2) is 4.79 Å². The standard InChI is InChI=1S/C21H25N3O4/c1-27-19-10-9-16(12-18(19)20(22)25)23-21(26)24-11-5-8-17(13-24)28-14-15-6-3-2-4-7-15/h2-4,6-7,9-10,12,17H,5,8,11,13-14H2,1H3,(H2,22,25)(H,23,26). The van der Waals surface area contributed by atoms with Crippen molar-refractivity contribution in [1.82, 2.24) is 4.90 Å². The fraction of sp³-hybridized carbons (Fsp3) is 0.333. The van der Waals surface area contributed by atoms with E-state index in [1.165, 1.54) is 13.2 Å². The largest absolute Gasteiger partial charge is 0.496 e. The van der Waals surface area contributed by atoms with Gasteiger partial charge in [-0.15, -0.1) is 0 Å². The lowest BCUT2D eigenvalue weighted by Gasteiger charge is -2.32. The summed E-state index contributed by atoms with van der Waals surface area (Å²) in [4.78, 5) is 25.9. The monoisotopic (exact) mass is 383 g/mol. The number of rotatable bonds is 6. The van der Waals surface area contributed by atoms with E-state index in [1.807, 2.05) is 30.3 Å². The molecule has 1 saturated heterocycles. The van der Waals surface area contributed by atoms with E-state index in [4.69, 9.17) is 15.2 Å². The van der Waals surface area contributed by atoms with Crippen molar-refractivity contribution in [3.05, 3.63) is 59.7 Å². The van der Waals surface area contributed by atoms with Crippen LogP contribution in [0.2, 0.25) is 0 Å². The van der Waals surface area contributed by atoms with Crippen molar-refractivity contribution in [2.45, 2.75) is 25.6 Å². The second-order valence-electron chi connectivity index (χ2n) is 6.72. The van der Waals surface area contributed by atoms with Crippen LogP contribution < -0.4 is 15.8 Å². The van der Waals surface area contributed by atoms with Gasteiger partial charge in [-0.05, 0) is 36.6 Å². The van der Waals surface area contributed by atoms with Gasteiger partial charge in [0.05, 0.1) is 25.4 Å². The molecule has 7 heteroatoms. The second kappa shape index (κ2) is 9.23. The number of carbonyl (C=O) groups excluding carboxylic acids is 2. The van der Waals surface area contributed by atoms with E-state index in [-0.39, 0.29) is 17.7 Å². The van der Waals surface area contributed by atoms with Crippen LogP contribution in [-0.4, -0.2) is 43.1 Å². The van der Waals surface area contributed by atoms with Gasteiger partial charge in [-0.2, -0.15) is 0 Å². The number of nitrogens with one attached hydrogen (secondary N) is 1. The molecule has 2 aromatic rings. The number of hydrogen-bond acceptors (Lipinski definition) is 4. The Hall–Kier alpha value is -3.06. The molecule has 1 heterocycles. The molecule has 0 bridgehead atoms. The molecule has 3 amide bonds. The summed E-state index contributed by atoms with van der Waals surface area (Å²) in [5.41, 5.74) is 7.20. The topological polar surface area (TPSA) is 93.9 Å². The maximum absolute atomic E-state index is 12.6. The third-order valence-corrected chi connectivity index (χ3v) is 4.71. The fourth-order valence-electron chi connectivity index (χ4n) is 3.23. The number of amides is 3. The third-order valence-electron chi connectivity index (χ3n) is 4.71. The molecule has 0 saturated carbocycles. The molecule has 0 aromatic heterocycles. The molecule has 3 N–H and O–H groups in total. The number of nitrogens with zero attached hydrogens (tertiary/aromatic N) is 1. The van der Waals surface area contributed by atoms with Crippen molar-refractivity contribution >= 4 is 17.6 Å². The number of anilines is 1. The predicted molar refractivity (Wildman–Crippen MR) is 106 cm³/mol. The molecule has 2 aromatic carbocycles. The Morgan fingerprint density at radius 1 is 1.21 bits per heavy atom. The highest BCUT2D eigenvalue weighted by Crippen LogP contribution is 2.23. The van der Waals surface area contributed by atoms with Crippen LogP contribution in [-0.2, 0) is 11.3 Å². The van der Waals surface area contributed by atoms with Crippen LogP contribution in [0.1, 0.15) is 28.8 Å². The third kappa shape index (κ3) is 5.01. The molecule has 0 spiro atoms. The highest BCUT2D eigenvalue weighted by molar-refractivity contribution is 5.98. The lowest BCUT2D eigenvalue weighted by molar-refractivity contribution is 0.00102. The van der Waals surface area contributed by atoms with Gasteiger partial charge in [0.1, 0.15) is 5.75 Å². The molecular weight excluding hydrogens is 358 g/mol. The second-order valence-corrected chi connectivity index (χ2v) is 6.72. The van der Waals surface area contributed by atoms with Crippen LogP contribution in [0.5, 0.6) is 5.75 Å². The van der Waals surface area contributed by atoms with Crippen LogP contribution in [0.25, 0.3) is 0 Å². The summed E-state index contributed by atoms with van der Waals surface area (Å²) in [5.74, 6) is -0.238. The molecule has 0 radical (unpaired) electrons. The molecule has 1 aliphatic rings. The molecule has 1 unspecified atom stereocenters. The number of methoxy groups -OCH3 is 1. The number of piperidine rings is 1. The van der Waals surface area contributed by atoms with Crippen molar-refractivity contribution in [3.63, 3.8) is 0 Å². The maximum atomic E-state index is 12.6. The van der Waals surface area contributed by atoms with Crippen LogP contribution in [0, 0.1) is 0 Å². The predicted octanol–water partition coefficient (Wildman–Crippen LogP) is 3.01. The lowest BCUT2D eigenvalue weighted by atomic mass is 10.1. The normalized spacial score (nSPS) is 16.5. The molecule has 7 nitrogen and oxygen atoms in total. The molecule has 1 aliphatic heterocycles. The van der Waals surface area contributed by atoms with Crippen molar-refractivity contribution < 1.29 is 19.1 Å². The number of hydrogen-bond donors (Lipinski definition) is 2. The summed E-state index contributed by atoms with van der Waals surface area (Å²) in [7, 11) is 1.46. The summed E-state index contributed by atoms with van der Waals surface area (Å²) in [6, 6.07) is 14.6. The first-order valence-electron chi connectivity index (χ1n) is 9.26. The van der Waals surface area contributed by atoms with E-state index in [2.05, 4.69) is 5.32 Å². The van der Waals surface area contributed by atoms with Gasteiger partial charge in [0.25, 0.3) is 5.91 Å². The van der Waals surface area contributed by atoms with Crippen LogP contribution in [0.3, 0.4) is 0 Å². The number of nitrogens with two attached hydrogens (primary N) is 1. The lowest BCUT2D eigenvalue weighted by Crippen LogP contribution is -2.45. The van der Waals surface area contributed by atoms with E-state index >= 15 is 0 Å². The van der Waals surface area contributed by atoms with Crippen molar-refractivity contribution in [2.24, 2.45) is 5.73 Å². The first kappa shape index (κ1) is 19.7. The van der Waals surface area contributed by atoms with E-state index < -0.39 is 5.91 Å². The van der Waals surface area contributed by atoms with Crippen LogP contribution in [0.15, 0.2) is 48.5 Å². The number of carbonyl (C=O) groups is 2. The summed E-state index contributed by atoms with van der Waals surface area (Å²) in [5, 5.41) is 2.82. The molecule has 1 atom stereocenters. The SMILES string of the molecule is COc1ccc(NC(=O)N2CCCC(OCc3ccccc3)C2)cc1C(N)=O. The van der Waals surface area contributed by atoms with Crippen molar-refractivity contribution in [3.8, 4) is 5.75 Å². The minimum atomic E-state index is -0.611. The van der Waals surface area contributed by atoms with Crippen molar-refractivity contribution in [2.75, 3.05) is 25.5 Å². The number of primary amides is 1. The highest BCUT2D eigenvalue weighted by Gasteiger charge is 2.24. The molecule has 0 aliphatic carbocycles. The Morgan fingerprint density at radius 2 is 2.00 bits per heavy atom. The quantitative estimate of drug-likeness (QED) is 0.802. The zero-order valence-electron chi connectivity index (χ0n) is 15.9. The van der Waals surface area contributed by atoms with E-state index in [0.717, 1.165) is 18.4 Å². The summed E-state index contributed by atoms with van der Waals surface area (Å²) in [6.45, 7) is 1.72. The Bertz CT molecular complexity index is 826. The molecule has 3 rings (SSSR count). The van der Waals surface area contributed by atoms with Gasteiger partial charge in [-0.3, -0.25) is 4.79 Å². The number of ether oxygens (including phenoxy) is 2. The average Bonchev–Trinajstić information content (AvgIpc) is 2.73. The van der Waals surface area contributed by atoms with Gasteiger partial charge in [-0.1, -0.05) is 30.3 Å². The van der Waals surface area contributed by atoms with Gasteiger partial charge in [0, 0.05) is 18.8 Å². The van der Waals surface area contributed by atoms with E-state index in [9.17, 15) is 9.59 Å². The zero-order valence-corrected chi connectivity index (χ0v) is 15.9. The van der Waals surface area contributed by atoms with Gasteiger partial charge < -0.3 is 25.4 Å². The van der Waals surface area contributed by atoms with E-state index in [0.29, 0.717) is 31.1 Å². The first-order valence-corrected chi connectivity index (χ1v) is 9.26. The van der Waals surface area contributed by atoms with E-state index in [1.54, 1.807) is 17.0 Å². The Kier molecular flexibility index (Phi) is 6.49. The molecular formula is C21H25N3O4. The number of urea groups is 1. The highest BCUT2D eigenvalue weighted by atomic mass is 16.5. The molecule has 1 fully saturated rings. The van der Waals surface area contributed by atoms with Crippen LogP contribution in [0.4, 0.5) is 10.5 Å². The Morgan fingerprint density at radius 3 is 2.71 bits per heavy atom.